The van der Waals surface area contributed by atoms with Crippen LogP contribution in [0.4, 0.5) is 11.5 Å². The van der Waals surface area contributed by atoms with Gasteiger partial charge in [0.1, 0.15) is 17.5 Å². The van der Waals surface area contributed by atoms with E-state index in [0.717, 1.165) is 23.4 Å². The Morgan fingerprint density at radius 2 is 1.95 bits per heavy atom. The third kappa shape index (κ3) is 2.59. The van der Waals surface area contributed by atoms with E-state index < -0.39 is 0 Å². The van der Waals surface area contributed by atoms with Crippen LogP contribution in [0.15, 0.2) is 35.1 Å². The molecule has 114 valence electrons. The predicted octanol–water partition coefficient (Wildman–Crippen LogP) is 2.63. The minimum absolute atomic E-state index is 0.524. The van der Waals surface area contributed by atoms with Crippen LogP contribution in [0, 0.1) is 6.92 Å². The molecule has 1 aromatic carbocycles. The number of fused-ring (bicyclic) bond motifs is 1. The van der Waals surface area contributed by atoms with Crippen molar-refractivity contribution in [2.24, 2.45) is 0 Å². The number of hydrogen-bond acceptors (Lipinski definition) is 6. The van der Waals surface area contributed by atoms with Crippen LogP contribution in [0.2, 0.25) is 0 Å². The van der Waals surface area contributed by atoms with Gasteiger partial charge in [0.25, 0.3) is 5.71 Å². The molecule has 2 aromatic heterocycles. The number of hydrogen-bond donors (Lipinski definition) is 0. The van der Waals surface area contributed by atoms with Crippen molar-refractivity contribution in [1.29, 1.82) is 0 Å². The van der Waals surface area contributed by atoms with Crippen LogP contribution >= 0.6 is 0 Å². The quantitative estimate of drug-likeness (QED) is 0.738. The van der Waals surface area contributed by atoms with Gasteiger partial charge in [0.15, 0.2) is 0 Å². The summed E-state index contributed by atoms with van der Waals surface area (Å²) in [6.45, 7) is 2.65. The number of aryl methyl sites for hydroxylation is 1. The lowest BCUT2D eigenvalue weighted by atomic mass is 10.1. The van der Waals surface area contributed by atoms with Gasteiger partial charge >= 0.3 is 0 Å². The molecule has 6 heteroatoms. The zero-order chi connectivity index (χ0) is 15.7. The summed E-state index contributed by atoms with van der Waals surface area (Å²) in [6.07, 6.45) is 1.51. The van der Waals surface area contributed by atoms with E-state index >= 15 is 0 Å². The van der Waals surface area contributed by atoms with Gasteiger partial charge in [0.05, 0.1) is 5.69 Å². The summed E-state index contributed by atoms with van der Waals surface area (Å²) in [4.78, 5) is 12.7. The van der Waals surface area contributed by atoms with Crippen molar-refractivity contribution in [2.45, 2.75) is 13.5 Å². The topological polar surface area (TPSA) is 58.3 Å². The van der Waals surface area contributed by atoms with E-state index in [9.17, 15) is 0 Å². The van der Waals surface area contributed by atoms with Gasteiger partial charge < -0.3 is 14.3 Å². The summed E-state index contributed by atoms with van der Waals surface area (Å²) in [6, 6.07) is 8.45. The van der Waals surface area contributed by atoms with Crippen molar-refractivity contribution in [2.75, 3.05) is 30.9 Å². The second kappa shape index (κ2) is 5.63. The highest BCUT2D eigenvalue weighted by molar-refractivity contribution is 5.87. The van der Waals surface area contributed by atoms with Crippen molar-refractivity contribution in [3.05, 3.63) is 41.9 Å². The van der Waals surface area contributed by atoms with E-state index in [1.807, 2.05) is 28.1 Å². The van der Waals surface area contributed by atoms with Crippen molar-refractivity contribution in [3.63, 3.8) is 0 Å². The maximum absolute atomic E-state index is 5.21. The molecule has 0 aliphatic rings. The molecular weight excluding hydrogens is 278 g/mol. The molecule has 3 aromatic rings. The van der Waals surface area contributed by atoms with Gasteiger partial charge in [-0.2, -0.15) is 4.98 Å². The predicted molar refractivity (Wildman–Crippen MR) is 87.2 cm³/mol. The Bertz CT molecular complexity index is 796. The third-order valence-electron chi connectivity index (χ3n) is 3.63. The third-order valence-corrected chi connectivity index (χ3v) is 3.63. The van der Waals surface area contributed by atoms with E-state index in [2.05, 4.69) is 49.2 Å². The summed E-state index contributed by atoms with van der Waals surface area (Å²) < 4.78 is 5.21. The average Bonchev–Trinajstić information content (AvgIpc) is 2.89. The number of nitrogens with zero attached hydrogens (tertiary/aromatic N) is 5. The Morgan fingerprint density at radius 3 is 2.73 bits per heavy atom. The molecule has 0 fully saturated rings. The number of aromatic nitrogens is 3. The zero-order valence-corrected chi connectivity index (χ0v) is 13.2. The molecule has 0 bridgehead atoms. The molecule has 0 atom stereocenters. The van der Waals surface area contributed by atoms with Gasteiger partial charge in [-0.15, -0.1) is 0 Å². The number of anilines is 2. The highest BCUT2D eigenvalue weighted by atomic mass is 16.5. The molecule has 0 saturated heterocycles. The first kappa shape index (κ1) is 14.3. The van der Waals surface area contributed by atoms with Gasteiger partial charge in [-0.05, 0) is 24.6 Å². The average molecular weight is 297 g/mol. The maximum Gasteiger partial charge on any atom is 0.263 e. The SMILES string of the molecule is Cc1noc2ncnc(N(C)Cc3cccc(N(C)C)c3)c12. The van der Waals surface area contributed by atoms with E-state index in [0.29, 0.717) is 5.71 Å². The molecule has 0 spiro atoms. The van der Waals surface area contributed by atoms with Gasteiger partial charge in [-0.3, -0.25) is 0 Å². The molecule has 2 heterocycles. The second-order valence-electron chi connectivity index (χ2n) is 5.57. The smallest absolute Gasteiger partial charge is 0.263 e. The molecule has 0 amide bonds. The molecule has 0 aliphatic carbocycles. The zero-order valence-electron chi connectivity index (χ0n) is 13.2. The highest BCUT2D eigenvalue weighted by Gasteiger charge is 2.15. The van der Waals surface area contributed by atoms with Crippen LogP contribution in [0.25, 0.3) is 11.1 Å². The molecule has 0 radical (unpaired) electrons. The molecule has 22 heavy (non-hydrogen) atoms. The first-order chi connectivity index (χ1) is 10.6. The van der Waals surface area contributed by atoms with Crippen LogP contribution in [0.3, 0.4) is 0 Å². The number of rotatable bonds is 4. The molecule has 0 saturated carbocycles. The standard InChI is InChI=1S/C16H19N5O/c1-11-14-15(17-10-18-16(14)22-19-11)21(4)9-12-6-5-7-13(8-12)20(2)3/h5-8,10H,9H2,1-4H3. The first-order valence-electron chi connectivity index (χ1n) is 7.10. The second-order valence-corrected chi connectivity index (χ2v) is 5.57. The lowest BCUT2D eigenvalue weighted by molar-refractivity contribution is 0.442. The highest BCUT2D eigenvalue weighted by Crippen LogP contribution is 2.26. The summed E-state index contributed by atoms with van der Waals surface area (Å²) in [5, 5.41) is 4.84. The lowest BCUT2D eigenvalue weighted by Crippen LogP contribution is -2.18. The maximum atomic E-state index is 5.21. The van der Waals surface area contributed by atoms with Crippen molar-refractivity contribution in [1.82, 2.24) is 15.1 Å². The van der Waals surface area contributed by atoms with Crippen LogP contribution in [0.1, 0.15) is 11.3 Å². The molecule has 6 nitrogen and oxygen atoms in total. The van der Waals surface area contributed by atoms with E-state index in [1.54, 1.807) is 0 Å². The van der Waals surface area contributed by atoms with Crippen molar-refractivity contribution in [3.8, 4) is 0 Å². The molecular formula is C16H19N5O. The Kier molecular flexibility index (Phi) is 3.66. The van der Waals surface area contributed by atoms with Crippen LogP contribution < -0.4 is 9.80 Å². The summed E-state index contributed by atoms with van der Waals surface area (Å²) in [7, 11) is 6.09. The minimum Gasteiger partial charge on any atom is -0.378 e. The number of benzene rings is 1. The Morgan fingerprint density at radius 1 is 1.14 bits per heavy atom. The van der Waals surface area contributed by atoms with Crippen LogP contribution in [-0.4, -0.2) is 36.3 Å². The molecule has 0 unspecified atom stereocenters. The monoisotopic (exact) mass is 297 g/mol. The van der Waals surface area contributed by atoms with E-state index in [-0.39, 0.29) is 0 Å². The van der Waals surface area contributed by atoms with Gasteiger partial charge in [-0.25, -0.2) is 4.98 Å². The van der Waals surface area contributed by atoms with Crippen LogP contribution in [-0.2, 0) is 6.54 Å². The van der Waals surface area contributed by atoms with E-state index in [1.165, 1.54) is 17.6 Å². The van der Waals surface area contributed by atoms with Crippen molar-refractivity contribution >= 4 is 22.6 Å². The Balaban J connectivity index is 1.92. The fourth-order valence-corrected chi connectivity index (χ4v) is 2.48. The fraction of sp³-hybridized carbons (Fsp3) is 0.312. The normalized spacial score (nSPS) is 10.9. The summed E-state index contributed by atoms with van der Waals surface area (Å²) in [5.41, 5.74) is 3.73. The summed E-state index contributed by atoms with van der Waals surface area (Å²) >= 11 is 0. The first-order valence-corrected chi connectivity index (χ1v) is 7.10. The van der Waals surface area contributed by atoms with Gasteiger partial charge in [-0.1, -0.05) is 17.3 Å². The van der Waals surface area contributed by atoms with Gasteiger partial charge in [0, 0.05) is 33.4 Å². The van der Waals surface area contributed by atoms with E-state index in [4.69, 9.17) is 4.52 Å². The van der Waals surface area contributed by atoms with Crippen molar-refractivity contribution < 1.29 is 4.52 Å². The molecule has 0 aliphatic heterocycles. The largest absolute Gasteiger partial charge is 0.378 e. The Hall–Kier alpha value is -2.63. The molecule has 0 N–H and O–H groups in total. The molecule has 3 rings (SSSR count). The van der Waals surface area contributed by atoms with Crippen LogP contribution in [0.5, 0.6) is 0 Å². The fourth-order valence-electron chi connectivity index (χ4n) is 2.48. The Labute approximate surface area is 129 Å². The minimum atomic E-state index is 0.524. The lowest BCUT2D eigenvalue weighted by Gasteiger charge is -2.20. The van der Waals surface area contributed by atoms with Gasteiger partial charge in [0.2, 0.25) is 0 Å². The summed E-state index contributed by atoms with van der Waals surface area (Å²) in [5.74, 6) is 0.832.